The second-order valence-electron chi connectivity index (χ2n) is 6.42. The van der Waals surface area contributed by atoms with Crippen LogP contribution in [0.5, 0.6) is 17.2 Å². The Balaban J connectivity index is 1.70. The zero-order valence-corrected chi connectivity index (χ0v) is 20.7. The molecule has 0 aromatic heterocycles. The summed E-state index contributed by atoms with van der Waals surface area (Å²) in [6.45, 7) is 5.30. The van der Waals surface area contributed by atoms with Crippen LogP contribution in [0.1, 0.15) is 18.1 Å². The number of aryl methyl sites for hydroxylation is 1. The summed E-state index contributed by atoms with van der Waals surface area (Å²) in [6.07, 6.45) is 1.84. The van der Waals surface area contributed by atoms with E-state index in [2.05, 4.69) is 22.6 Å². The molecule has 0 saturated carbocycles. The number of carbonyl (C=O) groups excluding carboxylic acids is 1. The first-order valence-electron chi connectivity index (χ1n) is 9.38. The lowest BCUT2D eigenvalue weighted by atomic mass is 10.2. The summed E-state index contributed by atoms with van der Waals surface area (Å²) in [4.78, 5) is 14.7. The van der Waals surface area contributed by atoms with Crippen molar-refractivity contribution in [3.8, 4) is 17.2 Å². The number of hydrogen-bond donors (Lipinski definition) is 0. The number of carbonyl (C=O) groups is 1. The second kappa shape index (κ2) is 10.5. The van der Waals surface area contributed by atoms with Crippen LogP contribution < -0.4 is 14.2 Å². The number of halogens is 1. The summed E-state index contributed by atoms with van der Waals surface area (Å²) < 4.78 is 18.7. The first-order valence-corrected chi connectivity index (χ1v) is 11.7. The molecule has 0 N–H and O–H groups in total. The number of hydrogen-bond acceptors (Lipinski definition) is 6. The van der Waals surface area contributed by atoms with Crippen molar-refractivity contribution in [2.24, 2.45) is 0 Å². The Kier molecular flexibility index (Phi) is 8.01. The van der Waals surface area contributed by atoms with Crippen LogP contribution in [0.3, 0.4) is 0 Å². The van der Waals surface area contributed by atoms with Crippen LogP contribution in [0.25, 0.3) is 6.08 Å². The first kappa shape index (κ1) is 22.9. The van der Waals surface area contributed by atoms with Gasteiger partial charge in [0.25, 0.3) is 5.91 Å². The summed E-state index contributed by atoms with van der Waals surface area (Å²) in [5.41, 5.74) is 1.94. The molecule has 0 bridgehead atoms. The Morgan fingerprint density at radius 2 is 1.90 bits per heavy atom. The molecule has 3 rings (SSSR count). The van der Waals surface area contributed by atoms with E-state index in [1.54, 1.807) is 12.0 Å². The zero-order chi connectivity index (χ0) is 21.7. The van der Waals surface area contributed by atoms with Gasteiger partial charge in [-0.15, -0.1) is 0 Å². The molecule has 1 heterocycles. The molecule has 158 valence electrons. The minimum Gasteiger partial charge on any atom is -0.493 e. The van der Waals surface area contributed by atoms with Crippen LogP contribution in [-0.4, -0.2) is 42.0 Å². The van der Waals surface area contributed by atoms with Gasteiger partial charge in [-0.3, -0.25) is 9.69 Å². The average Bonchev–Trinajstić information content (AvgIpc) is 2.99. The molecule has 1 fully saturated rings. The maximum atomic E-state index is 12.5. The molecule has 2 aromatic carbocycles. The second-order valence-corrected chi connectivity index (χ2v) is 9.26. The molecule has 5 nitrogen and oxygen atoms in total. The highest BCUT2D eigenvalue weighted by molar-refractivity contribution is 14.1. The van der Waals surface area contributed by atoms with Crippen molar-refractivity contribution in [3.05, 3.63) is 56.0 Å². The van der Waals surface area contributed by atoms with Crippen LogP contribution in [-0.2, 0) is 4.79 Å². The highest BCUT2D eigenvalue weighted by Crippen LogP contribution is 2.37. The SMILES string of the molecule is CCN1C(=O)/C(=C/c2cc(I)c(OCCOc3ccccc3C)c(OC)c2)SC1=S. The van der Waals surface area contributed by atoms with E-state index in [9.17, 15) is 4.79 Å². The monoisotopic (exact) mass is 555 g/mol. The fourth-order valence-electron chi connectivity index (χ4n) is 2.90. The standard InChI is InChI=1S/C22H22INO4S2/c1-4-24-21(25)19(30-22(24)29)13-15-11-16(23)20(18(12-15)26-3)28-10-9-27-17-8-6-5-7-14(17)2/h5-8,11-13H,4,9-10H2,1-3H3/b19-13-. The number of amides is 1. The van der Waals surface area contributed by atoms with Crippen LogP contribution in [0, 0.1) is 10.5 Å². The normalized spacial score (nSPS) is 15.1. The van der Waals surface area contributed by atoms with Gasteiger partial charge in [-0.2, -0.15) is 0 Å². The number of benzene rings is 2. The summed E-state index contributed by atoms with van der Waals surface area (Å²) in [5, 5.41) is 0. The molecule has 1 aliphatic heterocycles. The van der Waals surface area contributed by atoms with Gasteiger partial charge < -0.3 is 14.2 Å². The lowest BCUT2D eigenvalue weighted by Gasteiger charge is -2.15. The number of thioether (sulfide) groups is 1. The third kappa shape index (κ3) is 5.28. The maximum Gasteiger partial charge on any atom is 0.266 e. The Hall–Kier alpha value is -1.78. The summed E-state index contributed by atoms with van der Waals surface area (Å²) >= 11 is 8.80. The van der Waals surface area contributed by atoms with Gasteiger partial charge in [0.2, 0.25) is 0 Å². The van der Waals surface area contributed by atoms with Crippen molar-refractivity contribution in [1.29, 1.82) is 0 Å². The largest absolute Gasteiger partial charge is 0.493 e. The Morgan fingerprint density at radius 1 is 1.17 bits per heavy atom. The predicted molar refractivity (Wildman–Crippen MR) is 133 cm³/mol. The molecule has 0 radical (unpaired) electrons. The van der Waals surface area contributed by atoms with E-state index in [1.807, 2.05) is 56.3 Å². The van der Waals surface area contributed by atoms with Gasteiger partial charge in [-0.1, -0.05) is 42.2 Å². The van der Waals surface area contributed by atoms with Crippen molar-refractivity contribution in [2.75, 3.05) is 26.9 Å². The van der Waals surface area contributed by atoms with E-state index in [1.165, 1.54) is 11.8 Å². The van der Waals surface area contributed by atoms with Crippen LogP contribution >= 0.6 is 46.6 Å². The predicted octanol–water partition coefficient (Wildman–Crippen LogP) is 5.29. The number of rotatable bonds is 8. The van der Waals surface area contributed by atoms with Gasteiger partial charge in [0.1, 0.15) is 23.3 Å². The van der Waals surface area contributed by atoms with Gasteiger partial charge in [-0.05, 0) is 71.8 Å². The fourth-order valence-corrected chi connectivity index (χ4v) is 5.07. The lowest BCUT2D eigenvalue weighted by molar-refractivity contribution is -0.121. The number of thiocarbonyl (C=S) groups is 1. The van der Waals surface area contributed by atoms with Crippen molar-refractivity contribution in [3.63, 3.8) is 0 Å². The Morgan fingerprint density at radius 3 is 2.57 bits per heavy atom. The number of nitrogens with zero attached hydrogens (tertiary/aromatic N) is 1. The minimum absolute atomic E-state index is 0.0600. The van der Waals surface area contributed by atoms with Gasteiger partial charge in [0.05, 0.1) is 15.6 Å². The minimum atomic E-state index is -0.0600. The summed E-state index contributed by atoms with van der Waals surface area (Å²) in [6, 6.07) is 11.7. The van der Waals surface area contributed by atoms with Crippen molar-refractivity contribution in [1.82, 2.24) is 4.90 Å². The third-order valence-corrected chi connectivity index (χ3v) is 6.60. The number of para-hydroxylation sites is 1. The van der Waals surface area contributed by atoms with E-state index < -0.39 is 0 Å². The van der Waals surface area contributed by atoms with Crippen molar-refractivity contribution in [2.45, 2.75) is 13.8 Å². The summed E-state index contributed by atoms with van der Waals surface area (Å²) in [7, 11) is 1.60. The summed E-state index contributed by atoms with van der Waals surface area (Å²) in [5.74, 6) is 2.05. The van der Waals surface area contributed by atoms with Gasteiger partial charge >= 0.3 is 0 Å². The molecule has 8 heteroatoms. The average molecular weight is 555 g/mol. The molecule has 0 spiro atoms. The molecular weight excluding hydrogens is 533 g/mol. The van der Waals surface area contributed by atoms with E-state index in [0.717, 1.165) is 20.4 Å². The van der Waals surface area contributed by atoms with Crippen LogP contribution in [0.2, 0.25) is 0 Å². The topological polar surface area (TPSA) is 48.0 Å². The Bertz CT molecular complexity index is 993. The molecule has 2 aromatic rings. The van der Waals surface area contributed by atoms with Gasteiger partial charge in [0.15, 0.2) is 11.5 Å². The third-order valence-electron chi connectivity index (χ3n) is 4.42. The number of likely N-dealkylation sites (N-methyl/N-ethyl adjacent to an activating group) is 1. The molecule has 1 amide bonds. The highest BCUT2D eigenvalue weighted by atomic mass is 127. The number of ether oxygens (including phenoxy) is 3. The Labute approximate surface area is 199 Å². The smallest absolute Gasteiger partial charge is 0.266 e. The number of methoxy groups -OCH3 is 1. The highest BCUT2D eigenvalue weighted by Gasteiger charge is 2.30. The molecular formula is C22H22INO4S2. The first-order chi connectivity index (χ1) is 14.4. The quantitative estimate of drug-likeness (QED) is 0.191. The molecule has 0 atom stereocenters. The van der Waals surface area contributed by atoms with Crippen LogP contribution in [0.15, 0.2) is 41.3 Å². The molecule has 0 aliphatic carbocycles. The zero-order valence-electron chi connectivity index (χ0n) is 16.9. The van der Waals surface area contributed by atoms with Crippen molar-refractivity contribution < 1.29 is 19.0 Å². The van der Waals surface area contributed by atoms with E-state index in [-0.39, 0.29) is 5.91 Å². The van der Waals surface area contributed by atoms with E-state index >= 15 is 0 Å². The lowest BCUT2D eigenvalue weighted by Crippen LogP contribution is -2.27. The van der Waals surface area contributed by atoms with E-state index in [4.69, 9.17) is 26.4 Å². The van der Waals surface area contributed by atoms with Crippen LogP contribution in [0.4, 0.5) is 0 Å². The van der Waals surface area contributed by atoms with E-state index in [0.29, 0.717) is 40.5 Å². The van der Waals surface area contributed by atoms with Gasteiger partial charge in [0, 0.05) is 6.54 Å². The molecule has 1 aliphatic rings. The fraction of sp³-hybridized carbons (Fsp3) is 0.273. The maximum absolute atomic E-state index is 12.5. The van der Waals surface area contributed by atoms with Gasteiger partial charge in [-0.25, -0.2) is 0 Å². The molecule has 30 heavy (non-hydrogen) atoms. The molecule has 0 unspecified atom stereocenters. The molecule has 1 saturated heterocycles. The van der Waals surface area contributed by atoms with Crippen molar-refractivity contribution >= 4 is 62.9 Å².